The lowest BCUT2D eigenvalue weighted by atomic mass is 9.90. The molecule has 1 saturated carbocycles. The zero-order valence-electron chi connectivity index (χ0n) is 41.7. The Morgan fingerprint density at radius 2 is 1.34 bits per heavy atom. The molecule has 0 saturated heterocycles. The summed E-state index contributed by atoms with van der Waals surface area (Å²) in [5.41, 5.74) is 2.28. The van der Waals surface area contributed by atoms with Gasteiger partial charge in [-0.1, -0.05) is 137 Å². The van der Waals surface area contributed by atoms with Crippen LogP contribution in [0.1, 0.15) is 103 Å². The second-order valence-corrected chi connectivity index (χ2v) is 17.8. The largest absolute Gasteiger partial charge is 0.481 e. The van der Waals surface area contributed by atoms with E-state index in [0.29, 0.717) is 48.8 Å². The summed E-state index contributed by atoms with van der Waals surface area (Å²) in [6.45, 7) is 4.53. The molecule has 1 aromatic heterocycles. The minimum atomic E-state index is -1.51. The van der Waals surface area contributed by atoms with E-state index in [1.807, 2.05) is 26.0 Å². The molecule has 18 nitrogen and oxygen atoms in total. The van der Waals surface area contributed by atoms with Gasteiger partial charge in [0, 0.05) is 5.56 Å². The second kappa shape index (κ2) is 28.1. The summed E-state index contributed by atoms with van der Waals surface area (Å²) < 4.78 is 28.2. The normalized spacial score (nSPS) is 14.7. The van der Waals surface area contributed by atoms with Gasteiger partial charge < -0.3 is 44.2 Å². The molecule has 4 unspecified atom stereocenters. The number of amides is 4. The topological polar surface area (TPSA) is 235 Å². The zero-order chi connectivity index (χ0) is 52.8. The first-order valence-electron chi connectivity index (χ1n) is 24.7. The van der Waals surface area contributed by atoms with Crippen LogP contribution in [-0.2, 0) is 67.6 Å². The highest BCUT2D eigenvalue weighted by atomic mass is 16.7. The van der Waals surface area contributed by atoms with E-state index in [4.69, 9.17) is 28.2 Å². The summed E-state index contributed by atoms with van der Waals surface area (Å²) in [4.78, 5) is 111. The van der Waals surface area contributed by atoms with Crippen LogP contribution in [0.25, 0.3) is 11.3 Å². The number of nitrogens with one attached hydrogen (secondary N) is 3. The van der Waals surface area contributed by atoms with Gasteiger partial charge in [0.15, 0.2) is 12.4 Å². The van der Waals surface area contributed by atoms with Gasteiger partial charge in [-0.3, -0.25) is 24.0 Å². The molecular weight excluding hydrogens is 953 g/mol. The number of hydroxylamine groups is 2. The first kappa shape index (κ1) is 55.0. The molecule has 1 fully saturated rings. The molecule has 6 rings (SSSR count). The van der Waals surface area contributed by atoms with Gasteiger partial charge in [0.05, 0.1) is 36.5 Å². The minimum Gasteiger partial charge on any atom is -0.481 e. The van der Waals surface area contributed by atoms with E-state index in [1.54, 1.807) is 85.8 Å². The highest BCUT2D eigenvalue weighted by Crippen LogP contribution is 2.39. The number of hydrogen-bond donors (Lipinski definition) is 3. The number of carbonyl (C=O) groups excluding carboxylic acids is 8. The van der Waals surface area contributed by atoms with Gasteiger partial charge >= 0.3 is 23.9 Å². The number of furan rings is 1. The Labute approximate surface area is 429 Å². The molecule has 3 N–H and O–H groups in total. The molecule has 5 aromatic rings. The average Bonchev–Trinajstić information content (AvgIpc) is 3.95. The van der Waals surface area contributed by atoms with Crippen molar-refractivity contribution in [3.05, 3.63) is 149 Å². The highest BCUT2D eigenvalue weighted by Gasteiger charge is 2.43. The molecule has 0 radical (unpaired) electrons. The molecule has 0 spiro atoms. The lowest BCUT2D eigenvalue weighted by Crippen LogP contribution is -2.49. The van der Waals surface area contributed by atoms with Crippen LogP contribution in [0, 0.1) is 17.8 Å². The lowest BCUT2D eigenvalue weighted by Gasteiger charge is -2.31. The van der Waals surface area contributed by atoms with Gasteiger partial charge in [-0.2, -0.15) is 5.06 Å². The van der Waals surface area contributed by atoms with Crippen molar-refractivity contribution in [3.8, 4) is 17.1 Å². The molecule has 0 aliphatic heterocycles. The van der Waals surface area contributed by atoms with Crippen molar-refractivity contribution in [2.24, 2.45) is 17.8 Å². The van der Waals surface area contributed by atoms with E-state index in [0.717, 1.165) is 23.5 Å². The van der Waals surface area contributed by atoms with Crippen molar-refractivity contribution in [2.45, 2.75) is 97.6 Å². The van der Waals surface area contributed by atoms with Crippen LogP contribution in [0.2, 0.25) is 0 Å². The lowest BCUT2D eigenvalue weighted by molar-refractivity contribution is -0.205. The third-order valence-electron chi connectivity index (χ3n) is 12.2. The number of esters is 3. The SMILES string of the molecule is CCCCCC(C(=O)NCNC(=O)c1ccc(-c2ccc(C(=O)NC(CC(=O)OCc3ccccc3)C(=O)OCc3ccccc3)c(OCC(=O)OCc3ccccc3)c2)o1)C(CC)N(C=O)OC(=O)C1C[C@@H]1C. The predicted molar refractivity (Wildman–Crippen MR) is 268 cm³/mol. The van der Waals surface area contributed by atoms with Crippen molar-refractivity contribution in [1.82, 2.24) is 21.0 Å². The van der Waals surface area contributed by atoms with Crippen molar-refractivity contribution in [3.63, 3.8) is 0 Å². The fourth-order valence-electron chi connectivity index (χ4n) is 7.91. The number of benzene rings is 4. The maximum absolute atomic E-state index is 14.1. The summed E-state index contributed by atoms with van der Waals surface area (Å²) in [6.07, 6.45) is 3.65. The zero-order valence-corrected chi connectivity index (χ0v) is 41.7. The first-order chi connectivity index (χ1) is 35.9. The molecule has 4 aromatic carbocycles. The van der Waals surface area contributed by atoms with Crippen LogP contribution in [0.5, 0.6) is 5.75 Å². The number of carbonyl (C=O) groups is 8. The van der Waals surface area contributed by atoms with Gasteiger partial charge in [-0.05, 0) is 66.1 Å². The van der Waals surface area contributed by atoms with Gasteiger partial charge in [0.1, 0.15) is 37.4 Å². The highest BCUT2D eigenvalue weighted by molar-refractivity contribution is 6.00. The molecule has 74 heavy (non-hydrogen) atoms. The predicted octanol–water partition coefficient (Wildman–Crippen LogP) is 7.40. The number of hydrogen-bond acceptors (Lipinski definition) is 14. The second-order valence-electron chi connectivity index (χ2n) is 17.8. The molecule has 0 bridgehead atoms. The Morgan fingerprint density at radius 1 is 0.730 bits per heavy atom. The molecule has 18 heteroatoms. The standard InChI is InChI=1S/C56H62N4O14/c1-4-6-10-23-42(46(5-2)60(36-61)74-55(67)44-28-37(44)3)52(64)57-35-58-54(66)48-27-26-47(73-48)41-24-25-43(49(29-41)69-34-51(63)71-32-39-19-13-8-14-20-39)53(65)59-45(56(68)72-33-40-21-15-9-16-22-40)30-50(62)70-31-38-17-11-7-12-18-38/h7-9,11-22,24-27,29,36-37,42,44-46H,4-6,10,23,28,30-35H2,1-3H3,(H,57,64)(H,58,66)(H,59,65)/t37-,42?,44?,45?,46?/m0/s1. The Kier molecular flexibility index (Phi) is 20.9. The van der Waals surface area contributed by atoms with Gasteiger partial charge in [0.2, 0.25) is 12.3 Å². The van der Waals surface area contributed by atoms with Crippen LogP contribution in [0.3, 0.4) is 0 Å². The molecule has 4 amide bonds. The average molecular weight is 1020 g/mol. The van der Waals surface area contributed by atoms with Crippen LogP contribution >= 0.6 is 0 Å². The van der Waals surface area contributed by atoms with E-state index in [-0.39, 0.29) is 61.2 Å². The van der Waals surface area contributed by atoms with Crippen LogP contribution < -0.4 is 20.7 Å². The van der Waals surface area contributed by atoms with Crippen molar-refractivity contribution in [1.29, 1.82) is 0 Å². The smallest absolute Gasteiger partial charge is 0.344 e. The number of rotatable bonds is 29. The summed E-state index contributed by atoms with van der Waals surface area (Å²) >= 11 is 0. The fourth-order valence-corrected chi connectivity index (χ4v) is 7.91. The van der Waals surface area contributed by atoms with E-state index in [1.165, 1.54) is 30.3 Å². The van der Waals surface area contributed by atoms with E-state index >= 15 is 0 Å². The summed E-state index contributed by atoms with van der Waals surface area (Å²) in [7, 11) is 0. The summed E-state index contributed by atoms with van der Waals surface area (Å²) in [5, 5.41) is 8.85. The third-order valence-corrected chi connectivity index (χ3v) is 12.2. The summed E-state index contributed by atoms with van der Waals surface area (Å²) in [5.74, 6) is -5.99. The molecule has 1 aliphatic carbocycles. The maximum Gasteiger partial charge on any atom is 0.344 e. The van der Waals surface area contributed by atoms with Gasteiger partial charge in [-0.25, -0.2) is 14.4 Å². The van der Waals surface area contributed by atoms with Crippen molar-refractivity contribution < 1.29 is 66.6 Å². The number of unbranched alkanes of at least 4 members (excludes halogenated alkanes) is 2. The Morgan fingerprint density at radius 3 is 1.92 bits per heavy atom. The van der Waals surface area contributed by atoms with Gasteiger partial charge in [0.25, 0.3) is 11.8 Å². The van der Waals surface area contributed by atoms with Crippen LogP contribution in [-0.4, -0.2) is 78.4 Å². The molecule has 390 valence electrons. The number of ether oxygens (including phenoxy) is 4. The monoisotopic (exact) mass is 1010 g/mol. The molecule has 1 aliphatic rings. The Balaban J connectivity index is 1.16. The minimum absolute atomic E-state index is 0.0427. The molecule has 5 atom stereocenters. The molecular formula is C56H62N4O14. The fraction of sp³-hybridized carbons (Fsp3) is 0.357. The van der Waals surface area contributed by atoms with Crippen LogP contribution in [0.4, 0.5) is 0 Å². The van der Waals surface area contributed by atoms with Crippen molar-refractivity contribution >= 4 is 48.0 Å². The first-order valence-corrected chi connectivity index (χ1v) is 24.7. The Bertz CT molecular complexity index is 2680. The van der Waals surface area contributed by atoms with Crippen molar-refractivity contribution in [2.75, 3.05) is 13.3 Å². The summed E-state index contributed by atoms with van der Waals surface area (Å²) in [6, 6.07) is 31.6. The number of nitrogens with zero attached hydrogens (tertiary/aromatic N) is 1. The maximum atomic E-state index is 14.1. The quantitative estimate of drug-likeness (QED) is 0.0106. The molecule has 1 heterocycles. The van der Waals surface area contributed by atoms with Gasteiger partial charge in [-0.15, -0.1) is 0 Å². The van der Waals surface area contributed by atoms with E-state index in [2.05, 4.69) is 16.0 Å². The third kappa shape index (κ3) is 16.6. The van der Waals surface area contributed by atoms with E-state index in [9.17, 15) is 38.4 Å². The van der Waals surface area contributed by atoms with E-state index < -0.39 is 72.6 Å². The van der Waals surface area contributed by atoms with Crippen LogP contribution in [0.15, 0.2) is 126 Å². The Hall–Kier alpha value is -8.28.